The third-order valence-electron chi connectivity index (χ3n) is 7.29. The lowest BCUT2D eigenvalue weighted by atomic mass is 9.49. The first-order valence-electron chi connectivity index (χ1n) is 11.3. The molecule has 1 aromatic heterocycles. The first-order chi connectivity index (χ1) is 14.8. The number of nitrogens with one attached hydrogen (secondary N) is 3. The van der Waals surface area contributed by atoms with Crippen molar-refractivity contribution in [2.24, 2.45) is 29.1 Å². The minimum Gasteiger partial charge on any atom is -0.344 e. The highest BCUT2D eigenvalue weighted by atomic mass is 16.2. The molecule has 8 nitrogen and oxygen atoms in total. The van der Waals surface area contributed by atoms with Gasteiger partial charge in [0.1, 0.15) is 12.6 Å². The van der Waals surface area contributed by atoms with Gasteiger partial charge in [0, 0.05) is 17.7 Å². The number of hydrogen-bond donors (Lipinski definition) is 3. The number of carbonyl (C=O) groups excluding carboxylic acids is 3. The van der Waals surface area contributed by atoms with Gasteiger partial charge >= 0.3 is 0 Å². The summed E-state index contributed by atoms with van der Waals surface area (Å²) in [7, 11) is 0. The topological polar surface area (TPSA) is 109 Å². The van der Waals surface area contributed by atoms with Crippen molar-refractivity contribution < 1.29 is 14.4 Å². The first-order valence-corrected chi connectivity index (χ1v) is 11.3. The Bertz CT molecular complexity index is 887. The second-order valence-corrected chi connectivity index (χ2v) is 10.1. The van der Waals surface area contributed by atoms with Crippen LogP contribution in [0, 0.1) is 29.1 Å². The molecule has 4 bridgehead atoms. The molecule has 5 rings (SSSR count). The molecule has 0 saturated heterocycles. The zero-order valence-corrected chi connectivity index (χ0v) is 18.2. The van der Waals surface area contributed by atoms with E-state index in [1.54, 1.807) is 12.1 Å². The maximum absolute atomic E-state index is 13.3. The van der Waals surface area contributed by atoms with Gasteiger partial charge in [-0.3, -0.25) is 30.0 Å². The van der Waals surface area contributed by atoms with E-state index in [1.807, 2.05) is 13.8 Å². The molecular weight excluding hydrogens is 396 g/mol. The molecule has 1 heterocycles. The van der Waals surface area contributed by atoms with E-state index in [1.165, 1.54) is 36.1 Å². The van der Waals surface area contributed by atoms with Crippen molar-refractivity contribution in [1.82, 2.24) is 20.7 Å². The average Bonchev–Trinajstić information content (AvgIpc) is 2.70. The van der Waals surface area contributed by atoms with Crippen LogP contribution in [0.25, 0.3) is 0 Å². The van der Waals surface area contributed by atoms with Gasteiger partial charge in [-0.15, -0.1) is 0 Å². The number of hydrazine groups is 1. The van der Waals surface area contributed by atoms with E-state index in [0.29, 0.717) is 17.8 Å². The summed E-state index contributed by atoms with van der Waals surface area (Å²) in [6.07, 6.45) is 8.04. The summed E-state index contributed by atoms with van der Waals surface area (Å²) in [5, 5.41) is 3.00. The van der Waals surface area contributed by atoms with E-state index in [4.69, 9.17) is 0 Å². The van der Waals surface area contributed by atoms with Crippen molar-refractivity contribution in [2.45, 2.75) is 65.0 Å². The number of rotatable bonds is 6. The number of hydrogen-bond acceptors (Lipinski definition) is 4. The van der Waals surface area contributed by atoms with E-state index in [0.717, 1.165) is 19.3 Å². The fourth-order valence-corrected chi connectivity index (χ4v) is 6.21. The van der Waals surface area contributed by atoms with Crippen molar-refractivity contribution in [1.29, 1.82) is 0 Å². The van der Waals surface area contributed by atoms with Crippen LogP contribution >= 0.6 is 0 Å². The largest absolute Gasteiger partial charge is 0.344 e. The molecule has 0 spiro atoms. The van der Waals surface area contributed by atoms with Gasteiger partial charge in [-0.1, -0.05) is 19.9 Å². The van der Waals surface area contributed by atoms with E-state index in [2.05, 4.69) is 16.2 Å². The van der Waals surface area contributed by atoms with Crippen LogP contribution in [0.4, 0.5) is 0 Å². The zero-order valence-electron chi connectivity index (χ0n) is 18.2. The molecule has 0 radical (unpaired) electrons. The smallest absolute Gasteiger partial charge is 0.261 e. The minimum atomic E-state index is -0.736. The Morgan fingerprint density at radius 1 is 1.03 bits per heavy atom. The summed E-state index contributed by atoms with van der Waals surface area (Å²) in [6.45, 7) is 3.54. The van der Waals surface area contributed by atoms with Crippen LogP contribution in [0.5, 0.6) is 0 Å². The van der Waals surface area contributed by atoms with Crippen LogP contribution in [0.15, 0.2) is 29.2 Å². The Hall–Kier alpha value is -2.64. The molecule has 0 aromatic carbocycles. The van der Waals surface area contributed by atoms with Gasteiger partial charge in [0.2, 0.25) is 5.91 Å². The predicted octanol–water partition coefficient (Wildman–Crippen LogP) is 1.35. The Morgan fingerprint density at radius 2 is 1.65 bits per heavy atom. The molecule has 8 heteroatoms. The lowest BCUT2D eigenvalue weighted by Crippen LogP contribution is -2.60. The zero-order chi connectivity index (χ0) is 22.2. The highest BCUT2D eigenvalue weighted by molar-refractivity contribution is 5.91. The molecule has 4 saturated carbocycles. The Balaban J connectivity index is 1.34. The lowest BCUT2D eigenvalue weighted by Gasteiger charge is -2.55. The quantitative estimate of drug-likeness (QED) is 0.594. The molecular formula is C23H32N4O4. The Labute approximate surface area is 182 Å². The summed E-state index contributed by atoms with van der Waals surface area (Å²) in [5.41, 5.74) is 4.13. The summed E-state index contributed by atoms with van der Waals surface area (Å²) in [6, 6.07) is 3.88. The molecule has 1 atom stereocenters. The minimum absolute atomic E-state index is 0.0115. The Morgan fingerprint density at radius 3 is 2.19 bits per heavy atom. The third-order valence-corrected chi connectivity index (χ3v) is 7.29. The number of pyridine rings is 1. The van der Waals surface area contributed by atoms with Gasteiger partial charge in [0.15, 0.2) is 0 Å². The molecule has 168 valence electrons. The van der Waals surface area contributed by atoms with Crippen LogP contribution in [-0.4, -0.2) is 28.3 Å². The van der Waals surface area contributed by atoms with Gasteiger partial charge in [-0.2, -0.15) is 0 Å². The highest BCUT2D eigenvalue weighted by Crippen LogP contribution is 2.60. The summed E-state index contributed by atoms with van der Waals surface area (Å²) in [5.74, 6) is 0.810. The average molecular weight is 429 g/mol. The SMILES string of the molecule is CC(C)[C@H](NC(=O)C12CC3CC(CC(C3)C1)C2)C(=O)NNC(=O)Cn1ccccc1=O. The van der Waals surface area contributed by atoms with Gasteiger partial charge in [0.25, 0.3) is 17.4 Å². The molecule has 3 amide bonds. The number of aromatic nitrogens is 1. The molecule has 4 fully saturated rings. The molecule has 1 aromatic rings. The Kier molecular flexibility index (Phi) is 5.90. The van der Waals surface area contributed by atoms with Gasteiger partial charge in [0.05, 0.1) is 0 Å². The van der Waals surface area contributed by atoms with Gasteiger partial charge in [-0.25, -0.2) is 0 Å². The lowest BCUT2D eigenvalue weighted by molar-refractivity contribution is -0.149. The van der Waals surface area contributed by atoms with Crippen LogP contribution in [0.2, 0.25) is 0 Å². The van der Waals surface area contributed by atoms with Crippen molar-refractivity contribution in [2.75, 3.05) is 0 Å². The maximum atomic E-state index is 13.3. The van der Waals surface area contributed by atoms with Crippen LogP contribution in [-0.2, 0) is 20.9 Å². The normalized spacial score (nSPS) is 29.5. The monoisotopic (exact) mass is 428 g/mol. The maximum Gasteiger partial charge on any atom is 0.261 e. The summed E-state index contributed by atoms with van der Waals surface area (Å²) < 4.78 is 1.25. The van der Waals surface area contributed by atoms with Crippen molar-refractivity contribution >= 4 is 17.7 Å². The van der Waals surface area contributed by atoms with Crippen LogP contribution in [0.1, 0.15) is 52.4 Å². The molecule has 0 unspecified atom stereocenters. The van der Waals surface area contributed by atoms with E-state index in [-0.39, 0.29) is 29.3 Å². The van der Waals surface area contributed by atoms with E-state index < -0.39 is 17.9 Å². The van der Waals surface area contributed by atoms with Crippen molar-refractivity contribution in [3.05, 3.63) is 34.7 Å². The van der Waals surface area contributed by atoms with Crippen molar-refractivity contribution in [3.63, 3.8) is 0 Å². The van der Waals surface area contributed by atoms with Crippen molar-refractivity contribution in [3.8, 4) is 0 Å². The number of nitrogens with zero attached hydrogens (tertiary/aromatic N) is 1. The molecule has 4 aliphatic rings. The van der Waals surface area contributed by atoms with Gasteiger partial charge in [-0.05, 0) is 68.3 Å². The summed E-state index contributed by atoms with van der Waals surface area (Å²) >= 11 is 0. The van der Waals surface area contributed by atoms with Crippen LogP contribution in [0.3, 0.4) is 0 Å². The third kappa shape index (κ3) is 4.52. The number of carbonyl (C=O) groups is 3. The molecule has 31 heavy (non-hydrogen) atoms. The van der Waals surface area contributed by atoms with E-state index in [9.17, 15) is 19.2 Å². The van der Waals surface area contributed by atoms with Crippen LogP contribution < -0.4 is 21.7 Å². The first kappa shape index (κ1) is 21.6. The second-order valence-electron chi connectivity index (χ2n) is 10.1. The van der Waals surface area contributed by atoms with E-state index >= 15 is 0 Å². The number of amides is 3. The standard InChI is InChI=1S/C23H32N4O4/c1-14(2)20(21(30)26-25-18(28)13-27-6-4-3-5-19(27)29)24-22(31)23-10-15-7-16(11-23)9-17(8-15)12-23/h3-6,14-17,20H,7-13H2,1-2H3,(H,24,31)(H,25,28)(H,26,30)/t15?,16?,17?,20-,23?/m0/s1. The molecule has 3 N–H and O–H groups in total. The predicted molar refractivity (Wildman–Crippen MR) is 114 cm³/mol. The van der Waals surface area contributed by atoms with Gasteiger partial charge < -0.3 is 9.88 Å². The fraction of sp³-hybridized carbons (Fsp3) is 0.652. The molecule has 0 aliphatic heterocycles. The molecule has 4 aliphatic carbocycles. The fourth-order valence-electron chi connectivity index (χ4n) is 6.21. The second kappa shape index (κ2) is 8.48. The summed E-state index contributed by atoms with van der Waals surface area (Å²) in [4.78, 5) is 49.9. The highest BCUT2D eigenvalue weighted by Gasteiger charge is 2.55.